The monoisotopic (exact) mass is 313 g/mol. The molecule has 2 N–H and O–H groups in total. The maximum absolute atomic E-state index is 11.8. The van der Waals surface area contributed by atoms with Crippen LogP contribution in [0, 0.1) is 0 Å². The van der Waals surface area contributed by atoms with Crippen LogP contribution in [0.4, 0.5) is 0 Å². The van der Waals surface area contributed by atoms with Gasteiger partial charge in [0, 0.05) is 5.38 Å². The Balaban J connectivity index is 1.98. The van der Waals surface area contributed by atoms with Crippen molar-refractivity contribution in [3.63, 3.8) is 0 Å². The number of thiophene rings is 1. The highest BCUT2D eigenvalue weighted by Gasteiger charge is 2.18. The van der Waals surface area contributed by atoms with E-state index in [1.807, 2.05) is 23.1 Å². The molecule has 0 spiro atoms. The Kier molecular flexibility index (Phi) is 4.50. The molecule has 0 saturated heterocycles. The Morgan fingerprint density at radius 2 is 2.00 bits per heavy atom. The summed E-state index contributed by atoms with van der Waals surface area (Å²) in [6, 6.07) is 10.1. The first-order valence-corrected chi connectivity index (χ1v) is 7.85. The zero-order valence-corrected chi connectivity index (χ0v) is 11.8. The minimum Gasteiger partial charge on any atom is -0.477 e. The molecule has 0 unspecified atom stereocenters. The Labute approximate surface area is 119 Å². The van der Waals surface area contributed by atoms with Crippen molar-refractivity contribution in [1.82, 2.24) is 4.89 Å². The largest absolute Gasteiger partial charge is 0.477 e. The van der Waals surface area contributed by atoms with Gasteiger partial charge >= 0.3 is 5.97 Å². The molecule has 0 radical (unpaired) electrons. The van der Waals surface area contributed by atoms with Gasteiger partial charge in [-0.2, -0.15) is 0 Å². The number of sulfonamides is 1. The second kappa shape index (κ2) is 6.14. The van der Waals surface area contributed by atoms with E-state index in [-0.39, 0.29) is 16.4 Å². The van der Waals surface area contributed by atoms with Gasteiger partial charge in [-0.15, -0.1) is 11.3 Å². The van der Waals surface area contributed by atoms with Gasteiger partial charge in [0.1, 0.15) is 4.88 Å². The quantitative estimate of drug-likeness (QED) is 0.794. The third-order valence-electron chi connectivity index (χ3n) is 2.35. The highest BCUT2D eigenvalue weighted by molar-refractivity contribution is 7.89. The number of aromatic carboxylic acids is 1. The summed E-state index contributed by atoms with van der Waals surface area (Å²) in [5, 5.41) is 10.0. The van der Waals surface area contributed by atoms with Gasteiger partial charge < -0.3 is 5.11 Å². The van der Waals surface area contributed by atoms with Crippen LogP contribution in [-0.2, 0) is 21.5 Å². The summed E-state index contributed by atoms with van der Waals surface area (Å²) in [7, 11) is -3.87. The first kappa shape index (κ1) is 14.7. The third-order valence-corrected chi connectivity index (χ3v) is 4.61. The smallest absolute Gasteiger partial charge is 0.345 e. The van der Waals surface area contributed by atoms with Crippen molar-refractivity contribution in [3.8, 4) is 0 Å². The first-order valence-electron chi connectivity index (χ1n) is 5.48. The van der Waals surface area contributed by atoms with Gasteiger partial charge in [-0.1, -0.05) is 35.2 Å². The number of carboxylic acids is 1. The summed E-state index contributed by atoms with van der Waals surface area (Å²) in [5.74, 6) is -1.17. The van der Waals surface area contributed by atoms with E-state index in [2.05, 4.69) is 0 Å². The molecule has 0 atom stereocenters. The molecule has 106 valence electrons. The van der Waals surface area contributed by atoms with Crippen LogP contribution in [0.3, 0.4) is 0 Å². The van der Waals surface area contributed by atoms with Gasteiger partial charge in [-0.3, -0.25) is 4.84 Å². The number of rotatable bonds is 6. The summed E-state index contributed by atoms with van der Waals surface area (Å²) in [6.07, 6.45) is 0. The minimum absolute atomic E-state index is 0.0477. The number of carbonyl (C=O) groups is 1. The van der Waals surface area contributed by atoms with Crippen LogP contribution in [0.2, 0.25) is 0 Å². The number of nitrogens with one attached hydrogen (secondary N) is 1. The lowest BCUT2D eigenvalue weighted by Crippen LogP contribution is -2.23. The molecule has 0 amide bonds. The molecule has 1 aromatic carbocycles. The number of hydrogen-bond acceptors (Lipinski definition) is 5. The summed E-state index contributed by atoms with van der Waals surface area (Å²) >= 11 is 0.840. The lowest BCUT2D eigenvalue weighted by atomic mass is 10.2. The predicted molar refractivity (Wildman–Crippen MR) is 72.8 cm³/mol. The molecule has 0 fully saturated rings. The van der Waals surface area contributed by atoms with E-state index in [0.29, 0.717) is 0 Å². The van der Waals surface area contributed by atoms with Crippen molar-refractivity contribution in [2.45, 2.75) is 11.5 Å². The van der Waals surface area contributed by atoms with Gasteiger partial charge in [-0.05, 0) is 11.6 Å². The normalized spacial score (nSPS) is 11.4. The zero-order chi connectivity index (χ0) is 14.6. The molecule has 1 heterocycles. The highest BCUT2D eigenvalue weighted by Crippen LogP contribution is 2.19. The Bertz CT molecular complexity index is 694. The molecule has 2 rings (SSSR count). The Morgan fingerprint density at radius 1 is 1.30 bits per heavy atom. The lowest BCUT2D eigenvalue weighted by Gasteiger charge is -2.05. The standard InChI is InChI=1S/C12H11NO5S2/c14-12(15)11-6-10(8-19-11)20(16,17)13-18-7-9-4-2-1-3-5-9/h1-6,8,13H,7H2,(H,14,15). The molecular formula is C12H11NO5S2. The van der Waals surface area contributed by atoms with E-state index in [1.165, 1.54) is 5.38 Å². The van der Waals surface area contributed by atoms with E-state index < -0.39 is 16.0 Å². The number of hydrogen-bond donors (Lipinski definition) is 2. The van der Waals surface area contributed by atoms with Crippen molar-refractivity contribution < 1.29 is 23.2 Å². The van der Waals surface area contributed by atoms with Gasteiger partial charge in [0.15, 0.2) is 0 Å². The number of benzene rings is 1. The van der Waals surface area contributed by atoms with Gasteiger partial charge in [-0.25, -0.2) is 13.2 Å². The summed E-state index contributed by atoms with van der Waals surface area (Å²) in [4.78, 5) is 17.4. The molecule has 0 aliphatic heterocycles. The van der Waals surface area contributed by atoms with Crippen LogP contribution in [0.15, 0.2) is 46.7 Å². The van der Waals surface area contributed by atoms with E-state index in [9.17, 15) is 13.2 Å². The lowest BCUT2D eigenvalue weighted by molar-refractivity contribution is 0.0702. The zero-order valence-electron chi connectivity index (χ0n) is 10.1. The van der Waals surface area contributed by atoms with Gasteiger partial charge in [0.05, 0.1) is 11.5 Å². The SMILES string of the molecule is O=C(O)c1cc(S(=O)(=O)NOCc2ccccc2)cs1. The fraction of sp³-hybridized carbons (Fsp3) is 0.0833. The molecule has 8 heteroatoms. The minimum atomic E-state index is -3.87. The van der Waals surface area contributed by atoms with Crippen LogP contribution in [-0.4, -0.2) is 19.5 Å². The van der Waals surface area contributed by atoms with Crippen molar-refractivity contribution in [2.75, 3.05) is 0 Å². The van der Waals surface area contributed by atoms with Gasteiger partial charge in [0.2, 0.25) is 0 Å². The molecule has 0 aliphatic carbocycles. The third kappa shape index (κ3) is 3.64. The maximum Gasteiger partial charge on any atom is 0.345 e. The fourth-order valence-corrected chi connectivity index (χ4v) is 3.30. The van der Waals surface area contributed by atoms with E-state index in [1.54, 1.807) is 12.1 Å². The van der Waals surface area contributed by atoms with E-state index >= 15 is 0 Å². The van der Waals surface area contributed by atoms with Crippen LogP contribution in [0.5, 0.6) is 0 Å². The summed E-state index contributed by atoms with van der Waals surface area (Å²) in [5.41, 5.74) is 0.812. The molecular weight excluding hydrogens is 302 g/mol. The second-order valence-corrected chi connectivity index (χ2v) is 6.37. The average Bonchev–Trinajstić information content (AvgIpc) is 2.90. The molecule has 0 saturated carbocycles. The summed E-state index contributed by atoms with van der Waals surface area (Å²) < 4.78 is 23.7. The molecule has 0 aliphatic rings. The van der Waals surface area contributed by atoms with Crippen molar-refractivity contribution in [3.05, 3.63) is 52.2 Å². The Morgan fingerprint density at radius 3 is 2.60 bits per heavy atom. The molecule has 20 heavy (non-hydrogen) atoms. The average molecular weight is 313 g/mol. The highest BCUT2D eigenvalue weighted by atomic mass is 32.2. The molecule has 6 nitrogen and oxygen atoms in total. The van der Waals surface area contributed by atoms with Crippen molar-refractivity contribution in [2.24, 2.45) is 0 Å². The summed E-state index contributed by atoms with van der Waals surface area (Å²) in [6.45, 7) is 0.0794. The Hall–Kier alpha value is -1.74. The molecule has 2 aromatic rings. The van der Waals surface area contributed by atoms with Crippen molar-refractivity contribution >= 4 is 27.3 Å². The predicted octanol–water partition coefficient (Wildman–Crippen LogP) is 1.86. The van der Waals surface area contributed by atoms with Crippen LogP contribution >= 0.6 is 11.3 Å². The molecule has 1 aromatic heterocycles. The number of carboxylic acid groups (broad SMARTS) is 1. The van der Waals surface area contributed by atoms with Crippen molar-refractivity contribution in [1.29, 1.82) is 0 Å². The first-order chi connectivity index (χ1) is 9.49. The second-order valence-electron chi connectivity index (χ2n) is 3.81. The van der Waals surface area contributed by atoms with Gasteiger partial charge in [0.25, 0.3) is 10.0 Å². The van der Waals surface area contributed by atoms with Crippen LogP contribution in [0.25, 0.3) is 0 Å². The topological polar surface area (TPSA) is 92.7 Å². The van der Waals surface area contributed by atoms with Crippen LogP contribution in [0.1, 0.15) is 15.2 Å². The fourth-order valence-electron chi connectivity index (χ4n) is 1.38. The maximum atomic E-state index is 11.8. The van der Waals surface area contributed by atoms with E-state index in [4.69, 9.17) is 9.94 Å². The molecule has 0 bridgehead atoms. The van der Waals surface area contributed by atoms with Crippen LogP contribution < -0.4 is 4.89 Å². The van der Waals surface area contributed by atoms with E-state index in [0.717, 1.165) is 23.0 Å².